The minimum absolute atomic E-state index is 0.0158. The summed E-state index contributed by atoms with van der Waals surface area (Å²) >= 11 is 0. The zero-order chi connectivity index (χ0) is 13.1. The molecule has 4 nitrogen and oxygen atoms in total. The Kier molecular flexibility index (Phi) is 4.22. The minimum atomic E-state index is -0.569. The zero-order valence-electron chi connectivity index (χ0n) is 10.7. The van der Waals surface area contributed by atoms with Crippen molar-refractivity contribution in [1.29, 1.82) is 0 Å². The Balaban J connectivity index is 1.99. The van der Waals surface area contributed by atoms with E-state index in [1.807, 2.05) is 6.92 Å². The third kappa shape index (κ3) is 3.02. The zero-order valence-corrected chi connectivity index (χ0v) is 10.7. The van der Waals surface area contributed by atoms with E-state index in [9.17, 15) is 15.3 Å². The molecule has 0 aliphatic carbocycles. The molecular formula is C14H21NO3. The van der Waals surface area contributed by atoms with Crippen LogP contribution in [0.3, 0.4) is 0 Å². The summed E-state index contributed by atoms with van der Waals surface area (Å²) in [6.07, 6.45) is 0.777. The molecule has 1 fully saturated rings. The van der Waals surface area contributed by atoms with Crippen LogP contribution in [0, 0.1) is 0 Å². The highest BCUT2D eigenvalue weighted by atomic mass is 16.3. The molecule has 1 aromatic carbocycles. The molecule has 1 aliphatic heterocycles. The third-order valence-electron chi connectivity index (χ3n) is 3.77. The first kappa shape index (κ1) is 13.3. The Bertz CT molecular complexity index is 371. The van der Waals surface area contributed by atoms with E-state index in [0.717, 1.165) is 31.5 Å². The summed E-state index contributed by atoms with van der Waals surface area (Å²) in [6.45, 7) is 3.63. The van der Waals surface area contributed by atoms with E-state index in [2.05, 4.69) is 4.90 Å². The van der Waals surface area contributed by atoms with Crippen molar-refractivity contribution >= 4 is 0 Å². The van der Waals surface area contributed by atoms with Gasteiger partial charge in [0.05, 0.1) is 12.2 Å². The number of aliphatic hydroxyl groups excluding tert-OH is 2. The van der Waals surface area contributed by atoms with Crippen molar-refractivity contribution in [2.75, 3.05) is 13.1 Å². The Morgan fingerprint density at radius 3 is 2.28 bits per heavy atom. The number of hydrogen-bond acceptors (Lipinski definition) is 4. The number of likely N-dealkylation sites (tertiary alicyclic amines) is 1. The van der Waals surface area contributed by atoms with Gasteiger partial charge >= 0.3 is 0 Å². The van der Waals surface area contributed by atoms with Crippen LogP contribution in [0.2, 0.25) is 0 Å². The quantitative estimate of drug-likeness (QED) is 0.757. The summed E-state index contributed by atoms with van der Waals surface area (Å²) in [6, 6.07) is 6.68. The Morgan fingerprint density at radius 1 is 1.17 bits per heavy atom. The Labute approximate surface area is 107 Å². The number of phenols is 1. The molecule has 0 bridgehead atoms. The van der Waals surface area contributed by atoms with E-state index >= 15 is 0 Å². The molecule has 1 heterocycles. The molecule has 1 saturated heterocycles. The summed E-state index contributed by atoms with van der Waals surface area (Å²) in [5, 5.41) is 29.0. The molecule has 2 atom stereocenters. The molecule has 0 radical (unpaired) electrons. The summed E-state index contributed by atoms with van der Waals surface area (Å²) < 4.78 is 0. The van der Waals surface area contributed by atoms with Crippen molar-refractivity contribution in [1.82, 2.24) is 4.90 Å². The van der Waals surface area contributed by atoms with Crippen LogP contribution in [0.15, 0.2) is 24.3 Å². The van der Waals surface area contributed by atoms with Crippen molar-refractivity contribution in [2.45, 2.75) is 38.0 Å². The lowest BCUT2D eigenvalue weighted by molar-refractivity contribution is 0.0139. The number of benzene rings is 1. The molecule has 0 aromatic heterocycles. The first-order valence-corrected chi connectivity index (χ1v) is 6.47. The molecule has 4 heteroatoms. The van der Waals surface area contributed by atoms with Crippen LogP contribution in [0.4, 0.5) is 0 Å². The van der Waals surface area contributed by atoms with Gasteiger partial charge < -0.3 is 15.3 Å². The number of rotatable bonds is 3. The highest BCUT2D eigenvalue weighted by molar-refractivity contribution is 5.27. The molecule has 0 unspecified atom stereocenters. The maximum atomic E-state index is 10.3. The van der Waals surface area contributed by atoms with Gasteiger partial charge in [-0.3, -0.25) is 4.90 Å². The average molecular weight is 251 g/mol. The lowest BCUT2D eigenvalue weighted by atomic mass is 9.99. The van der Waals surface area contributed by atoms with Gasteiger partial charge in [0, 0.05) is 19.1 Å². The number of aromatic hydroxyl groups is 1. The predicted molar refractivity (Wildman–Crippen MR) is 69.3 cm³/mol. The van der Waals surface area contributed by atoms with Crippen molar-refractivity contribution in [3.8, 4) is 5.75 Å². The Morgan fingerprint density at radius 2 is 1.72 bits per heavy atom. The lowest BCUT2D eigenvalue weighted by Crippen LogP contribution is -2.44. The van der Waals surface area contributed by atoms with Crippen molar-refractivity contribution in [3.63, 3.8) is 0 Å². The van der Waals surface area contributed by atoms with E-state index in [1.54, 1.807) is 24.3 Å². The highest BCUT2D eigenvalue weighted by Gasteiger charge is 2.26. The Hall–Kier alpha value is -1.10. The molecule has 100 valence electrons. The maximum Gasteiger partial charge on any atom is 0.115 e. The minimum Gasteiger partial charge on any atom is -0.508 e. The smallest absolute Gasteiger partial charge is 0.115 e. The highest BCUT2D eigenvalue weighted by Crippen LogP contribution is 2.25. The van der Waals surface area contributed by atoms with Crippen LogP contribution < -0.4 is 0 Å². The molecule has 0 spiro atoms. The molecule has 2 rings (SSSR count). The SMILES string of the molecule is C[C@@H]([C@@H](O)c1ccc(O)cc1)N1CCC(O)CC1. The van der Waals surface area contributed by atoms with Gasteiger partial charge in [-0.1, -0.05) is 12.1 Å². The van der Waals surface area contributed by atoms with Gasteiger partial charge in [0.1, 0.15) is 5.75 Å². The number of hydrogen-bond donors (Lipinski definition) is 3. The fraction of sp³-hybridized carbons (Fsp3) is 0.571. The number of nitrogens with zero attached hydrogens (tertiary/aromatic N) is 1. The standard InChI is InChI=1S/C14H21NO3/c1-10(15-8-6-13(17)7-9-15)14(18)11-2-4-12(16)5-3-11/h2-5,10,13-14,16-18H,6-9H2,1H3/t10-,14+/m0/s1. The van der Waals surface area contributed by atoms with Crippen molar-refractivity contribution in [2.24, 2.45) is 0 Å². The molecule has 18 heavy (non-hydrogen) atoms. The first-order chi connectivity index (χ1) is 8.58. The van der Waals surface area contributed by atoms with Gasteiger partial charge in [-0.2, -0.15) is 0 Å². The average Bonchev–Trinajstić information content (AvgIpc) is 2.39. The topological polar surface area (TPSA) is 63.9 Å². The van der Waals surface area contributed by atoms with Crippen LogP contribution in [-0.4, -0.2) is 45.5 Å². The van der Waals surface area contributed by atoms with Crippen LogP contribution in [0.1, 0.15) is 31.4 Å². The maximum absolute atomic E-state index is 10.3. The normalized spacial score (nSPS) is 21.7. The lowest BCUT2D eigenvalue weighted by Gasteiger charge is -2.36. The molecule has 3 N–H and O–H groups in total. The van der Waals surface area contributed by atoms with Crippen LogP contribution >= 0.6 is 0 Å². The molecule has 0 saturated carbocycles. The van der Waals surface area contributed by atoms with E-state index in [1.165, 1.54) is 0 Å². The second-order valence-corrected chi connectivity index (χ2v) is 5.04. The van der Waals surface area contributed by atoms with E-state index in [0.29, 0.717) is 0 Å². The fourth-order valence-electron chi connectivity index (χ4n) is 2.44. The summed E-state index contributed by atoms with van der Waals surface area (Å²) in [5.74, 6) is 0.208. The number of piperidine rings is 1. The van der Waals surface area contributed by atoms with Crippen LogP contribution in [0.5, 0.6) is 5.75 Å². The first-order valence-electron chi connectivity index (χ1n) is 6.47. The molecule has 0 amide bonds. The van der Waals surface area contributed by atoms with Gasteiger partial charge in [0.15, 0.2) is 0 Å². The monoisotopic (exact) mass is 251 g/mol. The van der Waals surface area contributed by atoms with Gasteiger partial charge in [0.2, 0.25) is 0 Å². The molecular weight excluding hydrogens is 230 g/mol. The molecule has 1 aliphatic rings. The number of aliphatic hydroxyl groups is 2. The third-order valence-corrected chi connectivity index (χ3v) is 3.77. The van der Waals surface area contributed by atoms with E-state index < -0.39 is 6.10 Å². The fourth-order valence-corrected chi connectivity index (χ4v) is 2.44. The predicted octanol–water partition coefficient (Wildman–Crippen LogP) is 1.27. The second-order valence-electron chi connectivity index (χ2n) is 5.04. The number of phenolic OH excluding ortho intramolecular Hbond substituents is 1. The largest absolute Gasteiger partial charge is 0.508 e. The molecule has 1 aromatic rings. The van der Waals surface area contributed by atoms with Crippen LogP contribution in [0.25, 0.3) is 0 Å². The van der Waals surface area contributed by atoms with Crippen molar-refractivity contribution in [3.05, 3.63) is 29.8 Å². The van der Waals surface area contributed by atoms with Crippen molar-refractivity contribution < 1.29 is 15.3 Å². The van der Waals surface area contributed by atoms with Gasteiger partial charge in [0.25, 0.3) is 0 Å². The van der Waals surface area contributed by atoms with Crippen LogP contribution in [-0.2, 0) is 0 Å². The van der Waals surface area contributed by atoms with Gasteiger partial charge in [-0.25, -0.2) is 0 Å². The van der Waals surface area contributed by atoms with E-state index in [4.69, 9.17) is 0 Å². The summed E-state index contributed by atoms with van der Waals surface area (Å²) in [4.78, 5) is 2.20. The van der Waals surface area contributed by atoms with Gasteiger partial charge in [-0.05, 0) is 37.5 Å². The van der Waals surface area contributed by atoms with Gasteiger partial charge in [-0.15, -0.1) is 0 Å². The van der Waals surface area contributed by atoms with E-state index in [-0.39, 0.29) is 17.9 Å². The summed E-state index contributed by atoms with van der Waals surface area (Å²) in [5.41, 5.74) is 0.812. The summed E-state index contributed by atoms with van der Waals surface area (Å²) in [7, 11) is 0. The second kappa shape index (κ2) is 5.69.